The van der Waals surface area contributed by atoms with E-state index in [0.717, 1.165) is 18.8 Å². The predicted molar refractivity (Wildman–Crippen MR) is 54.4 cm³/mol. The van der Waals surface area contributed by atoms with Gasteiger partial charge >= 0.3 is 0 Å². The number of nitrogens with one attached hydrogen (secondary N) is 1. The van der Waals surface area contributed by atoms with E-state index in [-0.39, 0.29) is 0 Å². The summed E-state index contributed by atoms with van der Waals surface area (Å²) in [5.41, 5.74) is 0.942. The van der Waals surface area contributed by atoms with Gasteiger partial charge in [-0.2, -0.15) is 0 Å². The number of likely N-dealkylation sites (N-methyl/N-ethyl adjacent to an activating group) is 2. The van der Waals surface area contributed by atoms with Crippen molar-refractivity contribution in [2.45, 2.75) is 0 Å². The van der Waals surface area contributed by atoms with Gasteiger partial charge in [-0.05, 0) is 19.8 Å². The predicted octanol–water partition coefficient (Wildman–Crippen LogP) is 0.866. The highest BCUT2D eigenvalue weighted by Gasteiger charge is 1.95. The molecule has 0 radical (unpaired) electrons. The van der Waals surface area contributed by atoms with Gasteiger partial charge in [0.15, 0.2) is 0 Å². The molecule has 0 rings (SSSR count). The van der Waals surface area contributed by atoms with Gasteiger partial charge in [0, 0.05) is 32.0 Å². The van der Waals surface area contributed by atoms with Crippen molar-refractivity contribution in [3.8, 4) is 0 Å². The van der Waals surface area contributed by atoms with Crippen molar-refractivity contribution >= 4 is 6.72 Å². The fraction of sp³-hybridized carbons (Fsp3) is 0.444. The quantitative estimate of drug-likeness (QED) is 0.469. The third-order valence-electron chi connectivity index (χ3n) is 1.56. The molecule has 0 aromatic rings. The normalized spacial score (nSPS) is 10.2. The smallest absolute Gasteiger partial charge is 0.0306 e. The van der Waals surface area contributed by atoms with Crippen LogP contribution in [0.5, 0.6) is 0 Å². The molecule has 0 aliphatic rings. The molecule has 12 heavy (non-hydrogen) atoms. The fourth-order valence-corrected chi connectivity index (χ4v) is 0.689. The summed E-state index contributed by atoms with van der Waals surface area (Å²) >= 11 is 0. The third-order valence-corrected chi connectivity index (χ3v) is 1.56. The molecule has 68 valence electrons. The summed E-state index contributed by atoms with van der Waals surface area (Å²) in [6.07, 6.45) is 3.47. The van der Waals surface area contributed by atoms with E-state index in [1.807, 2.05) is 20.2 Å². The van der Waals surface area contributed by atoms with Crippen LogP contribution in [0.25, 0.3) is 0 Å². The van der Waals surface area contributed by atoms with Crippen LogP contribution in [0.1, 0.15) is 0 Å². The zero-order valence-corrected chi connectivity index (χ0v) is 7.88. The van der Waals surface area contributed by atoms with Gasteiger partial charge in [-0.15, -0.1) is 0 Å². The highest BCUT2D eigenvalue weighted by Crippen LogP contribution is 1.98. The van der Waals surface area contributed by atoms with Crippen molar-refractivity contribution in [3.05, 3.63) is 24.6 Å². The van der Waals surface area contributed by atoms with Gasteiger partial charge in [0.25, 0.3) is 0 Å². The van der Waals surface area contributed by atoms with Crippen LogP contribution >= 0.6 is 0 Å². The fourth-order valence-electron chi connectivity index (χ4n) is 0.689. The van der Waals surface area contributed by atoms with Gasteiger partial charge < -0.3 is 10.2 Å². The molecule has 0 unspecified atom stereocenters. The van der Waals surface area contributed by atoms with Gasteiger partial charge in [0.05, 0.1) is 0 Å². The molecular weight excluding hydrogens is 150 g/mol. The summed E-state index contributed by atoms with van der Waals surface area (Å²) in [4.78, 5) is 5.66. The lowest BCUT2D eigenvalue weighted by Crippen LogP contribution is -2.25. The van der Waals surface area contributed by atoms with E-state index in [1.165, 1.54) is 0 Å². The van der Waals surface area contributed by atoms with Crippen molar-refractivity contribution < 1.29 is 0 Å². The molecule has 0 bridgehead atoms. The Kier molecular flexibility index (Phi) is 6.01. The second-order valence-corrected chi connectivity index (χ2v) is 2.51. The number of hydrogen-bond acceptors (Lipinski definition) is 3. The first kappa shape index (κ1) is 10.9. The summed E-state index contributed by atoms with van der Waals surface area (Å²) in [6.45, 7) is 9.10. The zero-order chi connectivity index (χ0) is 9.40. The van der Waals surface area contributed by atoms with Crippen LogP contribution in [0, 0.1) is 0 Å². The summed E-state index contributed by atoms with van der Waals surface area (Å²) in [5, 5.41) is 3.07. The Hall–Kier alpha value is -1.09. The Morgan fingerprint density at radius 3 is 2.83 bits per heavy atom. The lowest BCUT2D eigenvalue weighted by molar-refractivity contribution is 0.429. The standard InChI is InChI=1S/C9H17N3/c1-9(5-6-10-2)12(4)8-7-11-3/h5-6,11H,1-2,7-8H2,3-4H3/b6-5-. The van der Waals surface area contributed by atoms with Crippen LogP contribution in [0.4, 0.5) is 0 Å². The molecule has 0 fully saturated rings. The van der Waals surface area contributed by atoms with E-state index in [4.69, 9.17) is 0 Å². The van der Waals surface area contributed by atoms with Crippen LogP contribution in [-0.2, 0) is 0 Å². The maximum absolute atomic E-state index is 3.87. The van der Waals surface area contributed by atoms with Crippen LogP contribution in [0.2, 0.25) is 0 Å². The van der Waals surface area contributed by atoms with Crippen molar-refractivity contribution in [2.24, 2.45) is 4.99 Å². The largest absolute Gasteiger partial charge is 0.374 e. The molecule has 0 aliphatic heterocycles. The van der Waals surface area contributed by atoms with E-state index in [2.05, 4.69) is 28.5 Å². The molecule has 0 amide bonds. The molecule has 0 saturated carbocycles. The average molecular weight is 167 g/mol. The molecule has 0 aliphatic carbocycles. The van der Waals surface area contributed by atoms with Gasteiger partial charge in [-0.3, -0.25) is 4.99 Å². The maximum Gasteiger partial charge on any atom is 0.0306 e. The Labute approximate surface area is 74.5 Å². The van der Waals surface area contributed by atoms with E-state index in [1.54, 1.807) is 6.20 Å². The number of nitrogens with zero attached hydrogens (tertiary/aromatic N) is 2. The van der Waals surface area contributed by atoms with E-state index < -0.39 is 0 Å². The number of aliphatic imine (C=N–C) groups is 1. The molecule has 0 saturated heterocycles. The first-order valence-electron chi connectivity index (χ1n) is 3.89. The van der Waals surface area contributed by atoms with Crippen molar-refractivity contribution in [2.75, 3.05) is 27.2 Å². The van der Waals surface area contributed by atoms with E-state index >= 15 is 0 Å². The Bertz CT molecular complexity index is 173. The lowest BCUT2D eigenvalue weighted by Gasteiger charge is -2.18. The lowest BCUT2D eigenvalue weighted by atomic mass is 10.4. The number of rotatable bonds is 6. The van der Waals surface area contributed by atoms with Crippen molar-refractivity contribution in [1.82, 2.24) is 10.2 Å². The second-order valence-electron chi connectivity index (χ2n) is 2.51. The Balaban J connectivity index is 3.76. The summed E-state index contributed by atoms with van der Waals surface area (Å²) in [5.74, 6) is 0. The highest BCUT2D eigenvalue weighted by atomic mass is 15.1. The molecule has 3 heteroatoms. The monoisotopic (exact) mass is 167 g/mol. The molecule has 1 N–H and O–H groups in total. The van der Waals surface area contributed by atoms with Gasteiger partial charge in [0.1, 0.15) is 0 Å². The van der Waals surface area contributed by atoms with Gasteiger partial charge in [-0.25, -0.2) is 0 Å². The minimum atomic E-state index is 0.941. The molecule has 3 nitrogen and oxygen atoms in total. The van der Waals surface area contributed by atoms with E-state index in [0.29, 0.717) is 0 Å². The summed E-state index contributed by atoms with van der Waals surface area (Å²) in [6, 6.07) is 0. The number of allylic oxidation sites excluding steroid dienone is 1. The highest BCUT2D eigenvalue weighted by molar-refractivity contribution is 5.27. The Morgan fingerprint density at radius 1 is 1.67 bits per heavy atom. The molecular formula is C9H17N3. The molecule has 0 atom stereocenters. The SMILES string of the molecule is C=N/C=C\C(=C)N(C)CCNC. The summed E-state index contributed by atoms with van der Waals surface area (Å²) < 4.78 is 0. The number of hydrogen-bond donors (Lipinski definition) is 1. The topological polar surface area (TPSA) is 27.6 Å². The van der Waals surface area contributed by atoms with Crippen molar-refractivity contribution in [3.63, 3.8) is 0 Å². The van der Waals surface area contributed by atoms with Gasteiger partial charge in [0.2, 0.25) is 0 Å². The second kappa shape index (κ2) is 6.61. The maximum atomic E-state index is 3.87. The first-order chi connectivity index (χ1) is 5.72. The molecule has 0 aromatic carbocycles. The summed E-state index contributed by atoms with van der Waals surface area (Å²) in [7, 11) is 3.92. The molecule has 0 heterocycles. The van der Waals surface area contributed by atoms with Crippen LogP contribution in [0.15, 0.2) is 29.5 Å². The minimum absolute atomic E-state index is 0.941. The van der Waals surface area contributed by atoms with Gasteiger partial charge in [-0.1, -0.05) is 6.58 Å². The third kappa shape index (κ3) is 4.68. The average Bonchev–Trinajstić information content (AvgIpc) is 2.10. The Morgan fingerprint density at radius 2 is 2.33 bits per heavy atom. The zero-order valence-electron chi connectivity index (χ0n) is 7.88. The molecule has 0 spiro atoms. The van der Waals surface area contributed by atoms with Crippen molar-refractivity contribution in [1.29, 1.82) is 0 Å². The minimum Gasteiger partial charge on any atom is -0.374 e. The van der Waals surface area contributed by atoms with Crippen LogP contribution < -0.4 is 5.32 Å². The van der Waals surface area contributed by atoms with E-state index in [9.17, 15) is 0 Å². The van der Waals surface area contributed by atoms with Crippen LogP contribution in [-0.4, -0.2) is 38.8 Å². The first-order valence-corrected chi connectivity index (χ1v) is 3.89. The van der Waals surface area contributed by atoms with Crippen LogP contribution in [0.3, 0.4) is 0 Å². The molecule has 0 aromatic heterocycles.